The van der Waals surface area contributed by atoms with Gasteiger partial charge >= 0.3 is 0 Å². The highest BCUT2D eigenvalue weighted by Crippen LogP contribution is 2.18. The van der Waals surface area contributed by atoms with Gasteiger partial charge in [-0.2, -0.15) is 4.98 Å². The number of amides is 1. The lowest BCUT2D eigenvalue weighted by molar-refractivity contribution is 0.0683. The lowest BCUT2D eigenvalue weighted by Crippen LogP contribution is -2.44. The topological polar surface area (TPSA) is 93.6 Å². The number of hydrogen-bond donors (Lipinski definition) is 1. The van der Waals surface area contributed by atoms with Gasteiger partial charge in [-0.3, -0.25) is 9.69 Å². The van der Waals surface area contributed by atoms with E-state index in [1.165, 1.54) is 0 Å². The average Bonchev–Trinajstić information content (AvgIpc) is 3.23. The Morgan fingerprint density at radius 2 is 2.15 bits per heavy atom. The number of nitrogens with zero attached hydrogens (tertiary/aromatic N) is 3. The maximum absolute atomic E-state index is 12.4. The van der Waals surface area contributed by atoms with Crippen molar-refractivity contribution in [3.63, 3.8) is 0 Å². The highest BCUT2D eigenvalue weighted by atomic mass is 16.5. The van der Waals surface area contributed by atoms with E-state index in [9.17, 15) is 4.79 Å². The van der Waals surface area contributed by atoms with Gasteiger partial charge < -0.3 is 19.0 Å². The van der Waals surface area contributed by atoms with Gasteiger partial charge in [0.15, 0.2) is 5.82 Å². The molecule has 0 aliphatic carbocycles. The Bertz CT molecular complexity index is 762. The smallest absolute Gasteiger partial charge is 0.255 e. The largest absolute Gasteiger partial charge is 0.466 e. The van der Waals surface area contributed by atoms with Crippen molar-refractivity contribution < 1.29 is 18.5 Å². The van der Waals surface area contributed by atoms with E-state index in [1.807, 2.05) is 27.7 Å². The van der Waals surface area contributed by atoms with Crippen LogP contribution in [0.4, 0.5) is 0 Å². The first-order valence-electron chi connectivity index (χ1n) is 9.50. The second kappa shape index (κ2) is 8.67. The Morgan fingerprint density at radius 1 is 1.41 bits per heavy atom. The second-order valence-corrected chi connectivity index (χ2v) is 6.99. The van der Waals surface area contributed by atoms with E-state index in [-0.39, 0.29) is 18.1 Å². The zero-order valence-corrected chi connectivity index (χ0v) is 16.4. The number of rotatable bonds is 7. The van der Waals surface area contributed by atoms with Gasteiger partial charge in [-0.25, -0.2) is 0 Å². The fourth-order valence-corrected chi connectivity index (χ4v) is 3.37. The van der Waals surface area contributed by atoms with Crippen LogP contribution in [0.5, 0.6) is 0 Å². The Morgan fingerprint density at radius 3 is 2.78 bits per heavy atom. The third kappa shape index (κ3) is 4.95. The Labute approximate surface area is 159 Å². The second-order valence-electron chi connectivity index (χ2n) is 6.99. The average molecular weight is 376 g/mol. The van der Waals surface area contributed by atoms with E-state index >= 15 is 0 Å². The van der Waals surface area contributed by atoms with Gasteiger partial charge in [0.1, 0.15) is 17.6 Å². The summed E-state index contributed by atoms with van der Waals surface area (Å²) in [7, 11) is 0. The molecule has 0 aromatic carbocycles. The first kappa shape index (κ1) is 19.6. The van der Waals surface area contributed by atoms with Gasteiger partial charge in [-0.15, -0.1) is 0 Å². The third-order valence-corrected chi connectivity index (χ3v) is 4.83. The van der Waals surface area contributed by atoms with E-state index < -0.39 is 0 Å². The first-order chi connectivity index (χ1) is 13.0. The maximum Gasteiger partial charge on any atom is 0.255 e. The molecule has 1 fully saturated rings. The molecule has 1 N–H and O–H groups in total. The fraction of sp³-hybridized carbons (Fsp3) is 0.632. The fourth-order valence-electron chi connectivity index (χ4n) is 3.37. The molecule has 1 unspecified atom stereocenters. The Hall–Kier alpha value is -2.19. The number of carbonyl (C=O) groups is 1. The number of hydrogen-bond acceptors (Lipinski definition) is 7. The van der Waals surface area contributed by atoms with Crippen molar-refractivity contribution in [2.45, 2.75) is 59.2 Å². The van der Waals surface area contributed by atoms with Crippen molar-refractivity contribution in [3.8, 4) is 0 Å². The van der Waals surface area contributed by atoms with Crippen LogP contribution in [-0.4, -0.2) is 46.7 Å². The number of piperidine rings is 1. The molecule has 2 aromatic rings. The summed E-state index contributed by atoms with van der Waals surface area (Å²) >= 11 is 0. The molecule has 1 amide bonds. The van der Waals surface area contributed by atoms with Gasteiger partial charge in [0.25, 0.3) is 5.91 Å². The number of furan rings is 1. The molecule has 27 heavy (non-hydrogen) atoms. The van der Waals surface area contributed by atoms with E-state index in [2.05, 4.69) is 20.4 Å². The summed E-state index contributed by atoms with van der Waals surface area (Å²) in [6.07, 6.45) is 1.61. The minimum absolute atomic E-state index is 0.0609. The third-order valence-electron chi connectivity index (χ3n) is 4.83. The molecule has 8 nitrogen and oxygen atoms in total. The van der Waals surface area contributed by atoms with Crippen molar-refractivity contribution in [3.05, 3.63) is 34.9 Å². The summed E-state index contributed by atoms with van der Waals surface area (Å²) in [4.78, 5) is 19.1. The van der Waals surface area contributed by atoms with Crippen LogP contribution in [0.1, 0.15) is 66.4 Å². The number of carbonyl (C=O) groups excluding carboxylic acids is 1. The molecule has 3 rings (SSSR count). The SMILES string of the molecule is CCOC(C)c1noc(CN2CCC(NC(=O)c3cc(C)oc3C)CC2)n1. The zero-order chi connectivity index (χ0) is 19.4. The predicted octanol–water partition coefficient (Wildman–Crippen LogP) is 2.77. The van der Waals surface area contributed by atoms with Crippen LogP contribution in [0, 0.1) is 13.8 Å². The summed E-state index contributed by atoms with van der Waals surface area (Å²) in [5, 5.41) is 7.11. The monoisotopic (exact) mass is 376 g/mol. The molecule has 0 radical (unpaired) electrons. The van der Waals surface area contributed by atoms with Gasteiger partial charge in [0.2, 0.25) is 5.89 Å². The minimum atomic E-state index is -0.163. The normalized spacial score (nSPS) is 17.2. The lowest BCUT2D eigenvalue weighted by atomic mass is 10.0. The van der Waals surface area contributed by atoms with Crippen LogP contribution < -0.4 is 5.32 Å². The van der Waals surface area contributed by atoms with Gasteiger partial charge in [0.05, 0.1) is 12.1 Å². The summed E-state index contributed by atoms with van der Waals surface area (Å²) in [5.41, 5.74) is 0.622. The number of nitrogens with one attached hydrogen (secondary N) is 1. The molecular formula is C19H28N4O4. The summed E-state index contributed by atoms with van der Waals surface area (Å²) in [6.45, 7) is 10.5. The Kier molecular flexibility index (Phi) is 6.28. The van der Waals surface area contributed by atoms with Crippen LogP contribution >= 0.6 is 0 Å². The molecule has 2 aromatic heterocycles. The minimum Gasteiger partial charge on any atom is -0.466 e. The standard InChI is InChI=1S/C19H28N4O4/c1-5-25-14(4)18-21-17(27-22-18)11-23-8-6-15(7-9-23)20-19(24)16-10-12(2)26-13(16)3/h10,14-15H,5-9,11H2,1-4H3,(H,20,24). The number of likely N-dealkylation sites (tertiary alicyclic amines) is 1. The summed E-state index contributed by atoms with van der Waals surface area (Å²) < 4.78 is 16.3. The highest BCUT2D eigenvalue weighted by Gasteiger charge is 2.24. The summed E-state index contributed by atoms with van der Waals surface area (Å²) in [6, 6.07) is 1.95. The quantitative estimate of drug-likeness (QED) is 0.794. The first-order valence-corrected chi connectivity index (χ1v) is 9.50. The lowest BCUT2D eigenvalue weighted by Gasteiger charge is -2.31. The molecule has 3 heterocycles. The number of ether oxygens (including phenoxy) is 1. The molecule has 148 valence electrons. The summed E-state index contributed by atoms with van der Waals surface area (Å²) in [5.74, 6) is 2.54. The molecule has 0 spiro atoms. The van der Waals surface area contributed by atoms with Gasteiger partial charge in [-0.05, 0) is 46.6 Å². The number of aromatic nitrogens is 2. The number of aryl methyl sites for hydroxylation is 2. The predicted molar refractivity (Wildman–Crippen MR) is 98.3 cm³/mol. The van der Waals surface area contributed by atoms with Crippen molar-refractivity contribution in [1.82, 2.24) is 20.4 Å². The van der Waals surface area contributed by atoms with Crippen molar-refractivity contribution in [1.29, 1.82) is 0 Å². The highest BCUT2D eigenvalue weighted by molar-refractivity contribution is 5.95. The van der Waals surface area contributed by atoms with E-state index in [1.54, 1.807) is 6.07 Å². The van der Waals surface area contributed by atoms with Gasteiger partial charge in [-0.1, -0.05) is 5.16 Å². The molecule has 1 aliphatic rings. The van der Waals surface area contributed by atoms with E-state index in [4.69, 9.17) is 13.7 Å². The van der Waals surface area contributed by atoms with Crippen molar-refractivity contribution >= 4 is 5.91 Å². The van der Waals surface area contributed by atoms with Crippen molar-refractivity contribution in [2.24, 2.45) is 0 Å². The van der Waals surface area contributed by atoms with Crippen LogP contribution in [0.3, 0.4) is 0 Å². The molecular weight excluding hydrogens is 348 g/mol. The van der Waals surface area contributed by atoms with Crippen molar-refractivity contribution in [2.75, 3.05) is 19.7 Å². The van der Waals surface area contributed by atoms with Crippen LogP contribution in [0.25, 0.3) is 0 Å². The Balaban J connectivity index is 1.46. The van der Waals surface area contributed by atoms with Gasteiger partial charge in [0, 0.05) is 25.7 Å². The van der Waals surface area contributed by atoms with E-state index in [0.29, 0.717) is 36.2 Å². The molecule has 8 heteroatoms. The molecule has 1 aliphatic heterocycles. The van der Waals surface area contributed by atoms with E-state index in [0.717, 1.165) is 31.7 Å². The molecule has 1 atom stereocenters. The molecule has 0 bridgehead atoms. The maximum atomic E-state index is 12.4. The zero-order valence-electron chi connectivity index (χ0n) is 16.4. The molecule has 0 saturated carbocycles. The van der Waals surface area contributed by atoms with Crippen LogP contribution in [0.15, 0.2) is 15.0 Å². The van der Waals surface area contributed by atoms with Crippen LogP contribution in [-0.2, 0) is 11.3 Å². The van der Waals surface area contributed by atoms with Crippen LogP contribution in [0.2, 0.25) is 0 Å². The molecule has 1 saturated heterocycles.